The molecule has 1 N–H and O–H groups in total. The molecule has 0 saturated carbocycles. The number of nitrogens with one attached hydrogen (secondary N) is 1. The topological polar surface area (TPSA) is 64.0 Å². The summed E-state index contributed by atoms with van der Waals surface area (Å²) in [4.78, 5) is 1.20. The Morgan fingerprint density at radius 3 is 2.68 bits per heavy atom. The van der Waals surface area contributed by atoms with Crippen molar-refractivity contribution in [3.8, 4) is 0 Å². The molecule has 0 bridgehead atoms. The average Bonchev–Trinajstić information content (AvgIpc) is 2.69. The molecule has 0 aliphatic carbocycles. The fourth-order valence-electron chi connectivity index (χ4n) is 1.74. The highest BCUT2D eigenvalue weighted by atomic mass is 32.2. The van der Waals surface area contributed by atoms with Gasteiger partial charge in [-0.05, 0) is 31.4 Å². The molecule has 102 valence electrons. The van der Waals surface area contributed by atoms with Gasteiger partial charge in [0.05, 0.1) is 5.69 Å². The van der Waals surface area contributed by atoms with Crippen molar-refractivity contribution >= 4 is 27.5 Å². The summed E-state index contributed by atoms with van der Waals surface area (Å²) in [6.07, 6.45) is 3.44. The highest BCUT2D eigenvalue weighted by molar-refractivity contribution is 7.98. The standard InChI is InChI=1S/C12H15N3O2S2/c1-9-12(8-15(2)13-9)19(16,17)14-10-5-4-6-11(7-10)18-3/h4-8,14H,1-3H3. The van der Waals surface area contributed by atoms with Crippen LogP contribution in [0.25, 0.3) is 0 Å². The van der Waals surface area contributed by atoms with Crippen LogP contribution in [-0.4, -0.2) is 24.5 Å². The molecule has 0 aliphatic heterocycles. The molecule has 1 heterocycles. The van der Waals surface area contributed by atoms with Gasteiger partial charge >= 0.3 is 0 Å². The van der Waals surface area contributed by atoms with Crippen molar-refractivity contribution in [2.24, 2.45) is 7.05 Å². The number of anilines is 1. The van der Waals surface area contributed by atoms with E-state index in [4.69, 9.17) is 0 Å². The molecule has 0 fully saturated rings. The maximum Gasteiger partial charge on any atom is 0.265 e. The molecule has 1 aromatic heterocycles. The van der Waals surface area contributed by atoms with Gasteiger partial charge in [0.1, 0.15) is 4.90 Å². The van der Waals surface area contributed by atoms with Crippen LogP contribution < -0.4 is 4.72 Å². The first-order chi connectivity index (χ1) is 8.92. The van der Waals surface area contributed by atoms with E-state index in [0.717, 1.165) is 4.90 Å². The minimum atomic E-state index is -3.59. The largest absolute Gasteiger partial charge is 0.279 e. The normalized spacial score (nSPS) is 11.5. The summed E-state index contributed by atoms with van der Waals surface area (Å²) in [5.74, 6) is 0. The summed E-state index contributed by atoms with van der Waals surface area (Å²) in [7, 11) is -1.90. The van der Waals surface area contributed by atoms with Gasteiger partial charge in [0.15, 0.2) is 0 Å². The Morgan fingerprint density at radius 1 is 1.37 bits per heavy atom. The number of hydrogen-bond acceptors (Lipinski definition) is 4. The number of thioether (sulfide) groups is 1. The van der Waals surface area contributed by atoms with Crippen LogP contribution in [0.2, 0.25) is 0 Å². The molecule has 2 aromatic rings. The number of aromatic nitrogens is 2. The number of nitrogens with zero attached hydrogens (tertiary/aromatic N) is 2. The van der Waals surface area contributed by atoms with E-state index in [-0.39, 0.29) is 4.90 Å². The number of hydrogen-bond donors (Lipinski definition) is 1. The van der Waals surface area contributed by atoms with Gasteiger partial charge in [0, 0.05) is 23.8 Å². The monoisotopic (exact) mass is 297 g/mol. The molecule has 0 radical (unpaired) electrons. The second-order valence-electron chi connectivity index (χ2n) is 4.09. The Morgan fingerprint density at radius 2 is 2.11 bits per heavy atom. The number of benzene rings is 1. The summed E-state index contributed by atoms with van der Waals surface area (Å²) in [5, 5.41) is 4.05. The Balaban J connectivity index is 2.33. The lowest BCUT2D eigenvalue weighted by molar-refractivity contribution is 0.600. The van der Waals surface area contributed by atoms with E-state index in [0.29, 0.717) is 11.4 Å². The predicted octanol–water partition coefficient (Wildman–Crippen LogP) is 2.25. The van der Waals surface area contributed by atoms with Crippen molar-refractivity contribution in [1.82, 2.24) is 9.78 Å². The van der Waals surface area contributed by atoms with Crippen molar-refractivity contribution in [2.75, 3.05) is 11.0 Å². The average molecular weight is 297 g/mol. The highest BCUT2D eigenvalue weighted by Gasteiger charge is 2.19. The van der Waals surface area contributed by atoms with Crippen LogP contribution in [0.5, 0.6) is 0 Å². The van der Waals surface area contributed by atoms with Gasteiger partial charge in [0.2, 0.25) is 0 Å². The SMILES string of the molecule is CSc1cccc(NS(=O)(=O)c2cn(C)nc2C)c1. The first-order valence-corrected chi connectivity index (χ1v) is 8.30. The van der Waals surface area contributed by atoms with Gasteiger partial charge in [0.25, 0.3) is 10.0 Å². The minimum Gasteiger partial charge on any atom is -0.279 e. The van der Waals surface area contributed by atoms with Gasteiger partial charge in [-0.15, -0.1) is 11.8 Å². The molecule has 1 aromatic carbocycles. The molecule has 0 atom stereocenters. The molecular weight excluding hydrogens is 282 g/mol. The van der Waals surface area contributed by atoms with E-state index in [1.807, 2.05) is 18.4 Å². The van der Waals surface area contributed by atoms with Crippen LogP contribution in [0.3, 0.4) is 0 Å². The Labute approximate surface area is 117 Å². The van der Waals surface area contributed by atoms with Crippen molar-refractivity contribution < 1.29 is 8.42 Å². The molecule has 0 spiro atoms. The van der Waals surface area contributed by atoms with E-state index >= 15 is 0 Å². The lowest BCUT2D eigenvalue weighted by Gasteiger charge is -2.07. The Kier molecular flexibility index (Phi) is 3.86. The van der Waals surface area contributed by atoms with Crippen LogP contribution in [0.1, 0.15) is 5.69 Å². The smallest absolute Gasteiger partial charge is 0.265 e. The first-order valence-electron chi connectivity index (χ1n) is 5.59. The first kappa shape index (κ1) is 14.0. The highest BCUT2D eigenvalue weighted by Crippen LogP contribution is 2.22. The van der Waals surface area contributed by atoms with E-state index in [9.17, 15) is 8.42 Å². The lowest BCUT2D eigenvalue weighted by Crippen LogP contribution is -2.13. The third-order valence-electron chi connectivity index (χ3n) is 2.58. The second kappa shape index (κ2) is 5.26. The van der Waals surface area contributed by atoms with E-state index < -0.39 is 10.0 Å². The molecule has 2 rings (SSSR count). The number of sulfonamides is 1. The maximum atomic E-state index is 12.3. The van der Waals surface area contributed by atoms with Crippen molar-refractivity contribution in [3.05, 3.63) is 36.2 Å². The van der Waals surface area contributed by atoms with E-state index in [1.54, 1.807) is 37.9 Å². The maximum absolute atomic E-state index is 12.3. The summed E-state index contributed by atoms with van der Waals surface area (Å²) >= 11 is 1.56. The van der Waals surface area contributed by atoms with Crippen molar-refractivity contribution in [1.29, 1.82) is 0 Å². The van der Waals surface area contributed by atoms with Crippen LogP contribution in [0, 0.1) is 6.92 Å². The molecule has 0 amide bonds. The fraction of sp³-hybridized carbons (Fsp3) is 0.250. The van der Waals surface area contributed by atoms with Gasteiger partial charge in [-0.1, -0.05) is 6.07 Å². The Bertz CT molecular complexity index is 693. The van der Waals surface area contributed by atoms with Gasteiger partial charge in [-0.3, -0.25) is 9.40 Å². The van der Waals surface area contributed by atoms with E-state index in [2.05, 4.69) is 9.82 Å². The van der Waals surface area contributed by atoms with Crippen molar-refractivity contribution in [3.63, 3.8) is 0 Å². The fourth-order valence-corrected chi connectivity index (χ4v) is 3.47. The second-order valence-corrected chi connectivity index (χ2v) is 6.62. The summed E-state index contributed by atoms with van der Waals surface area (Å²) in [5.41, 5.74) is 1.03. The molecule has 0 saturated heterocycles. The third-order valence-corrected chi connectivity index (χ3v) is 4.79. The summed E-state index contributed by atoms with van der Waals surface area (Å²) in [6, 6.07) is 7.27. The zero-order valence-electron chi connectivity index (χ0n) is 10.9. The summed E-state index contributed by atoms with van der Waals surface area (Å²) < 4.78 is 28.6. The van der Waals surface area contributed by atoms with E-state index in [1.165, 1.54) is 10.9 Å². The van der Waals surface area contributed by atoms with Crippen LogP contribution >= 0.6 is 11.8 Å². The van der Waals surface area contributed by atoms with Gasteiger partial charge in [-0.2, -0.15) is 5.10 Å². The molecular formula is C12H15N3O2S2. The van der Waals surface area contributed by atoms with Gasteiger partial charge < -0.3 is 0 Å². The zero-order valence-corrected chi connectivity index (χ0v) is 12.5. The van der Waals surface area contributed by atoms with Crippen LogP contribution in [0.4, 0.5) is 5.69 Å². The Hall–Kier alpha value is -1.47. The third kappa shape index (κ3) is 3.10. The number of rotatable bonds is 4. The quantitative estimate of drug-likeness (QED) is 0.879. The van der Waals surface area contributed by atoms with Gasteiger partial charge in [-0.25, -0.2) is 8.42 Å². The molecule has 5 nitrogen and oxygen atoms in total. The van der Waals surface area contributed by atoms with Crippen molar-refractivity contribution in [2.45, 2.75) is 16.7 Å². The van der Waals surface area contributed by atoms with Crippen LogP contribution in [0.15, 0.2) is 40.3 Å². The molecule has 0 unspecified atom stereocenters. The minimum absolute atomic E-state index is 0.199. The number of aryl methyl sites for hydroxylation is 2. The van der Waals surface area contributed by atoms with Crippen LogP contribution in [-0.2, 0) is 17.1 Å². The predicted molar refractivity (Wildman–Crippen MR) is 77.0 cm³/mol. The zero-order chi connectivity index (χ0) is 14.0. The lowest BCUT2D eigenvalue weighted by atomic mass is 10.3. The molecule has 7 heteroatoms. The summed E-state index contributed by atoms with van der Waals surface area (Å²) in [6.45, 7) is 1.67. The molecule has 0 aliphatic rings. The molecule has 19 heavy (non-hydrogen) atoms.